The number of hydrogen-bond donors (Lipinski definition) is 1. The number of rotatable bonds is 5. The van der Waals surface area contributed by atoms with Crippen molar-refractivity contribution in [3.8, 4) is 5.69 Å². The summed E-state index contributed by atoms with van der Waals surface area (Å²) in [6.07, 6.45) is 2.96. The van der Waals surface area contributed by atoms with Gasteiger partial charge in [0.05, 0.1) is 18.9 Å². The van der Waals surface area contributed by atoms with Crippen molar-refractivity contribution in [1.82, 2.24) is 14.5 Å². The fraction of sp³-hybridized carbons (Fsp3) is 0.214. The Morgan fingerprint density at radius 2 is 2.00 bits per heavy atom. The van der Waals surface area contributed by atoms with Gasteiger partial charge in [0.15, 0.2) is 0 Å². The zero-order valence-electron chi connectivity index (χ0n) is 11.1. The second-order valence-electron chi connectivity index (χ2n) is 4.35. The fourth-order valence-electron chi connectivity index (χ4n) is 1.81. The highest BCUT2D eigenvalue weighted by atomic mass is 16.4. The van der Waals surface area contributed by atoms with Gasteiger partial charge in [0.25, 0.3) is 5.91 Å². The molecule has 0 atom stereocenters. The Bertz CT molecular complexity index is 607. The summed E-state index contributed by atoms with van der Waals surface area (Å²) in [5.41, 5.74) is 1.24. The number of carboxylic acid groups (broad SMARTS) is 1. The van der Waals surface area contributed by atoms with Gasteiger partial charge in [-0.2, -0.15) is 0 Å². The third-order valence-electron chi connectivity index (χ3n) is 2.90. The standard InChI is InChI=1S/C14H15N3O3/c1-16(8-7-13(18)19)14(20)12-9-15-10-17(12)11-5-3-2-4-6-11/h2-6,9-10H,7-8H2,1H3,(H,18,19). The molecule has 2 aromatic rings. The van der Waals surface area contributed by atoms with E-state index in [1.165, 1.54) is 11.1 Å². The molecular formula is C14H15N3O3. The summed E-state index contributed by atoms with van der Waals surface area (Å²) >= 11 is 0. The molecule has 0 fully saturated rings. The normalized spacial score (nSPS) is 10.2. The Morgan fingerprint density at radius 1 is 1.30 bits per heavy atom. The smallest absolute Gasteiger partial charge is 0.305 e. The van der Waals surface area contributed by atoms with Crippen molar-refractivity contribution in [2.45, 2.75) is 6.42 Å². The average Bonchev–Trinajstić information content (AvgIpc) is 2.94. The molecule has 0 saturated heterocycles. The molecule has 1 N–H and O–H groups in total. The lowest BCUT2D eigenvalue weighted by Gasteiger charge is -2.17. The molecule has 104 valence electrons. The second-order valence-corrected chi connectivity index (χ2v) is 4.35. The zero-order chi connectivity index (χ0) is 14.5. The van der Waals surface area contributed by atoms with E-state index in [1.54, 1.807) is 17.9 Å². The van der Waals surface area contributed by atoms with E-state index in [9.17, 15) is 9.59 Å². The molecule has 1 aromatic heterocycles. The Hall–Kier alpha value is -2.63. The lowest BCUT2D eigenvalue weighted by molar-refractivity contribution is -0.137. The van der Waals surface area contributed by atoms with Crippen molar-refractivity contribution in [2.24, 2.45) is 0 Å². The van der Waals surface area contributed by atoms with E-state index in [4.69, 9.17) is 5.11 Å². The van der Waals surface area contributed by atoms with Crippen LogP contribution in [0.3, 0.4) is 0 Å². The van der Waals surface area contributed by atoms with Crippen molar-refractivity contribution >= 4 is 11.9 Å². The largest absolute Gasteiger partial charge is 0.481 e. The highest BCUT2D eigenvalue weighted by molar-refractivity contribution is 5.93. The molecule has 0 radical (unpaired) electrons. The molecule has 1 heterocycles. The van der Waals surface area contributed by atoms with Crippen molar-refractivity contribution in [3.63, 3.8) is 0 Å². The number of para-hydroxylation sites is 1. The monoisotopic (exact) mass is 273 g/mol. The maximum Gasteiger partial charge on any atom is 0.305 e. The van der Waals surface area contributed by atoms with Gasteiger partial charge < -0.3 is 10.0 Å². The van der Waals surface area contributed by atoms with Crippen LogP contribution in [0.2, 0.25) is 0 Å². The van der Waals surface area contributed by atoms with E-state index in [-0.39, 0.29) is 18.9 Å². The number of carboxylic acids is 1. The highest BCUT2D eigenvalue weighted by Crippen LogP contribution is 2.12. The summed E-state index contributed by atoms with van der Waals surface area (Å²) in [4.78, 5) is 28.2. The lowest BCUT2D eigenvalue weighted by Crippen LogP contribution is -2.30. The van der Waals surface area contributed by atoms with Crippen molar-refractivity contribution in [1.29, 1.82) is 0 Å². The maximum atomic E-state index is 12.3. The maximum absolute atomic E-state index is 12.3. The van der Waals surface area contributed by atoms with Crippen molar-refractivity contribution in [3.05, 3.63) is 48.5 Å². The SMILES string of the molecule is CN(CCC(=O)O)C(=O)c1cncn1-c1ccccc1. The molecule has 6 heteroatoms. The highest BCUT2D eigenvalue weighted by Gasteiger charge is 2.17. The molecule has 0 spiro atoms. The van der Waals surface area contributed by atoms with Crippen LogP contribution in [0, 0.1) is 0 Å². The number of aromatic nitrogens is 2. The van der Waals surface area contributed by atoms with Gasteiger partial charge in [0, 0.05) is 19.3 Å². The predicted octanol–water partition coefficient (Wildman–Crippen LogP) is 1.42. The quantitative estimate of drug-likeness (QED) is 0.894. The van der Waals surface area contributed by atoms with Gasteiger partial charge in [0.2, 0.25) is 0 Å². The molecule has 0 aliphatic carbocycles. The molecule has 2 rings (SSSR count). The molecule has 6 nitrogen and oxygen atoms in total. The van der Waals surface area contributed by atoms with E-state index in [1.807, 2.05) is 30.3 Å². The number of amides is 1. The first-order valence-electron chi connectivity index (χ1n) is 6.14. The van der Waals surface area contributed by atoms with Gasteiger partial charge in [-0.05, 0) is 12.1 Å². The summed E-state index contributed by atoms with van der Waals surface area (Å²) in [5.74, 6) is -1.19. The second kappa shape index (κ2) is 6.01. The first-order valence-corrected chi connectivity index (χ1v) is 6.14. The van der Waals surface area contributed by atoms with E-state index < -0.39 is 5.97 Å². The number of benzene rings is 1. The average molecular weight is 273 g/mol. The lowest BCUT2D eigenvalue weighted by atomic mass is 10.3. The minimum absolute atomic E-state index is 0.0816. The van der Waals surface area contributed by atoms with Crippen molar-refractivity contribution < 1.29 is 14.7 Å². The predicted molar refractivity (Wildman–Crippen MR) is 72.8 cm³/mol. The van der Waals surface area contributed by atoms with Crippen LogP contribution in [-0.4, -0.2) is 45.0 Å². The first kappa shape index (κ1) is 13.8. The Morgan fingerprint density at radius 3 is 2.65 bits per heavy atom. The number of carbonyl (C=O) groups is 2. The molecule has 0 aliphatic heterocycles. The summed E-state index contributed by atoms with van der Waals surface area (Å²) in [6, 6.07) is 9.38. The van der Waals surface area contributed by atoms with Gasteiger partial charge in [-0.1, -0.05) is 18.2 Å². The van der Waals surface area contributed by atoms with Crippen LogP contribution in [0.1, 0.15) is 16.9 Å². The third kappa shape index (κ3) is 3.03. The van der Waals surface area contributed by atoms with Gasteiger partial charge in [-0.3, -0.25) is 14.2 Å². The molecule has 0 bridgehead atoms. The van der Waals surface area contributed by atoms with Crippen LogP contribution in [0.15, 0.2) is 42.9 Å². The van der Waals surface area contributed by atoms with Crippen LogP contribution < -0.4 is 0 Å². The number of imidazole rings is 1. The van der Waals surface area contributed by atoms with Crippen LogP contribution in [0.5, 0.6) is 0 Å². The molecule has 0 aliphatic rings. The number of hydrogen-bond acceptors (Lipinski definition) is 3. The number of carbonyl (C=O) groups excluding carboxylic acids is 1. The van der Waals surface area contributed by atoms with Gasteiger partial charge in [0.1, 0.15) is 5.69 Å². The summed E-state index contributed by atoms with van der Waals surface area (Å²) in [5, 5.41) is 8.65. The molecule has 1 aromatic carbocycles. The van der Waals surface area contributed by atoms with Crippen molar-refractivity contribution in [2.75, 3.05) is 13.6 Å². The Labute approximate surface area is 116 Å². The molecule has 1 amide bonds. The third-order valence-corrected chi connectivity index (χ3v) is 2.90. The van der Waals surface area contributed by atoms with Crippen LogP contribution >= 0.6 is 0 Å². The molecule has 0 unspecified atom stereocenters. The molecular weight excluding hydrogens is 258 g/mol. The minimum atomic E-state index is -0.929. The van der Waals surface area contributed by atoms with Crippen LogP contribution in [-0.2, 0) is 4.79 Å². The fourth-order valence-corrected chi connectivity index (χ4v) is 1.81. The Kier molecular flexibility index (Phi) is 4.14. The summed E-state index contributed by atoms with van der Waals surface area (Å²) in [7, 11) is 1.58. The van der Waals surface area contributed by atoms with E-state index in [2.05, 4.69) is 4.98 Å². The topological polar surface area (TPSA) is 75.4 Å². The Balaban J connectivity index is 2.20. The van der Waals surface area contributed by atoms with E-state index in [0.717, 1.165) is 5.69 Å². The first-order chi connectivity index (χ1) is 9.59. The summed E-state index contributed by atoms with van der Waals surface area (Å²) < 4.78 is 1.68. The molecule has 20 heavy (non-hydrogen) atoms. The van der Waals surface area contributed by atoms with E-state index in [0.29, 0.717) is 5.69 Å². The molecule has 0 saturated carbocycles. The van der Waals surface area contributed by atoms with E-state index >= 15 is 0 Å². The van der Waals surface area contributed by atoms with Gasteiger partial charge in [-0.25, -0.2) is 4.98 Å². The minimum Gasteiger partial charge on any atom is -0.481 e. The number of nitrogens with zero attached hydrogens (tertiary/aromatic N) is 3. The zero-order valence-corrected chi connectivity index (χ0v) is 11.1. The van der Waals surface area contributed by atoms with Gasteiger partial charge >= 0.3 is 5.97 Å². The summed E-state index contributed by atoms with van der Waals surface area (Å²) in [6.45, 7) is 0.161. The number of aliphatic carboxylic acids is 1. The van der Waals surface area contributed by atoms with Gasteiger partial charge in [-0.15, -0.1) is 0 Å². The van der Waals surface area contributed by atoms with Crippen LogP contribution in [0.4, 0.5) is 0 Å². The van der Waals surface area contributed by atoms with Crippen LogP contribution in [0.25, 0.3) is 5.69 Å².